The molecule has 0 bridgehead atoms. The van der Waals surface area contributed by atoms with Gasteiger partial charge in [-0.1, -0.05) is 12.8 Å². The highest BCUT2D eigenvalue weighted by atomic mass is 35.5. The zero-order valence-electron chi connectivity index (χ0n) is 11.5. The van der Waals surface area contributed by atoms with Gasteiger partial charge >= 0.3 is 0 Å². The predicted octanol–water partition coefficient (Wildman–Crippen LogP) is 3.21. The largest absolute Gasteiger partial charge is 0.240 e. The monoisotopic (exact) mass is 319 g/mol. The van der Waals surface area contributed by atoms with E-state index in [1.165, 1.54) is 12.1 Å². The molecule has 0 saturated heterocycles. The summed E-state index contributed by atoms with van der Waals surface area (Å²) in [7, 11) is -3.62. The number of hydrogen-bond acceptors (Lipinski definition) is 2. The first-order valence-electron chi connectivity index (χ1n) is 6.70. The molecule has 6 heteroatoms. The van der Waals surface area contributed by atoms with E-state index in [-0.39, 0.29) is 10.3 Å². The Morgan fingerprint density at radius 3 is 2.55 bits per heavy atom. The molecule has 1 fully saturated rings. The molecule has 3 nitrogen and oxygen atoms in total. The van der Waals surface area contributed by atoms with Crippen LogP contribution in [0.15, 0.2) is 23.1 Å². The number of hydrogen-bond donors (Lipinski definition) is 1. The van der Waals surface area contributed by atoms with Crippen molar-refractivity contribution in [1.82, 2.24) is 4.72 Å². The SMILES string of the molecule is Cc1cc(F)ccc1S(=O)(=O)NCC1(CCl)CCCC1. The van der Waals surface area contributed by atoms with Crippen LogP contribution in [0.25, 0.3) is 0 Å². The van der Waals surface area contributed by atoms with Crippen molar-refractivity contribution in [3.63, 3.8) is 0 Å². The van der Waals surface area contributed by atoms with E-state index in [4.69, 9.17) is 11.6 Å². The molecule has 112 valence electrons. The second kappa shape index (κ2) is 6.00. The van der Waals surface area contributed by atoms with E-state index < -0.39 is 15.8 Å². The predicted molar refractivity (Wildman–Crippen MR) is 77.9 cm³/mol. The Labute approximate surface area is 124 Å². The quantitative estimate of drug-likeness (QED) is 0.847. The van der Waals surface area contributed by atoms with Crippen molar-refractivity contribution in [1.29, 1.82) is 0 Å². The number of rotatable bonds is 5. The molecule has 1 aliphatic carbocycles. The van der Waals surface area contributed by atoms with Gasteiger partial charge in [0.1, 0.15) is 5.82 Å². The van der Waals surface area contributed by atoms with Gasteiger partial charge in [-0.2, -0.15) is 0 Å². The zero-order chi connectivity index (χ0) is 14.8. The van der Waals surface area contributed by atoms with E-state index in [0.717, 1.165) is 31.7 Å². The number of nitrogens with one attached hydrogen (secondary N) is 1. The van der Waals surface area contributed by atoms with Crippen LogP contribution in [0, 0.1) is 18.2 Å². The van der Waals surface area contributed by atoms with Crippen LogP contribution >= 0.6 is 11.6 Å². The Morgan fingerprint density at radius 1 is 1.35 bits per heavy atom. The van der Waals surface area contributed by atoms with E-state index in [2.05, 4.69) is 4.72 Å². The third-order valence-corrected chi connectivity index (χ3v) is 6.14. The van der Waals surface area contributed by atoms with Gasteiger partial charge in [-0.3, -0.25) is 0 Å². The van der Waals surface area contributed by atoms with Crippen molar-refractivity contribution in [2.75, 3.05) is 12.4 Å². The van der Waals surface area contributed by atoms with Crippen LogP contribution in [-0.4, -0.2) is 20.8 Å². The lowest BCUT2D eigenvalue weighted by Crippen LogP contribution is -2.37. The number of aryl methyl sites for hydroxylation is 1. The van der Waals surface area contributed by atoms with Crippen LogP contribution in [0.1, 0.15) is 31.2 Å². The molecule has 0 unspecified atom stereocenters. The summed E-state index contributed by atoms with van der Waals surface area (Å²) in [6.07, 6.45) is 4.07. The summed E-state index contributed by atoms with van der Waals surface area (Å²) in [6, 6.07) is 3.69. The lowest BCUT2D eigenvalue weighted by atomic mass is 9.89. The van der Waals surface area contributed by atoms with E-state index >= 15 is 0 Å². The summed E-state index contributed by atoms with van der Waals surface area (Å²) in [6.45, 7) is 1.93. The molecular formula is C14H19ClFNO2S. The van der Waals surface area contributed by atoms with Gasteiger partial charge in [0.15, 0.2) is 0 Å². The average molecular weight is 320 g/mol. The molecule has 2 rings (SSSR count). The summed E-state index contributed by atoms with van der Waals surface area (Å²) >= 11 is 6.01. The van der Waals surface area contributed by atoms with E-state index in [0.29, 0.717) is 18.0 Å². The van der Waals surface area contributed by atoms with Gasteiger partial charge in [0.05, 0.1) is 4.90 Å². The summed E-state index contributed by atoms with van der Waals surface area (Å²) in [5.74, 6) is 0.0206. The first-order chi connectivity index (χ1) is 9.38. The van der Waals surface area contributed by atoms with Gasteiger partial charge in [-0.15, -0.1) is 11.6 Å². The average Bonchev–Trinajstić information content (AvgIpc) is 2.85. The Morgan fingerprint density at radius 2 is 2.00 bits per heavy atom. The molecule has 1 aromatic rings. The molecule has 0 heterocycles. The molecule has 0 aliphatic heterocycles. The molecule has 1 saturated carbocycles. The highest BCUT2D eigenvalue weighted by Gasteiger charge is 2.34. The summed E-state index contributed by atoms with van der Waals surface area (Å²) in [5, 5.41) is 0. The maximum Gasteiger partial charge on any atom is 0.240 e. The molecular weight excluding hydrogens is 301 g/mol. The zero-order valence-corrected chi connectivity index (χ0v) is 13.0. The Hall–Kier alpha value is -0.650. The molecule has 0 amide bonds. The molecule has 0 aromatic heterocycles. The number of halogens is 2. The molecule has 0 atom stereocenters. The molecule has 1 aromatic carbocycles. The number of benzene rings is 1. The minimum atomic E-state index is -3.62. The van der Waals surface area contributed by atoms with Crippen LogP contribution in [-0.2, 0) is 10.0 Å². The van der Waals surface area contributed by atoms with Gasteiger partial charge in [-0.25, -0.2) is 17.5 Å². The van der Waals surface area contributed by atoms with Crippen molar-refractivity contribution < 1.29 is 12.8 Å². The van der Waals surface area contributed by atoms with Crippen molar-refractivity contribution >= 4 is 21.6 Å². The lowest BCUT2D eigenvalue weighted by molar-refractivity contribution is 0.342. The van der Waals surface area contributed by atoms with Crippen LogP contribution < -0.4 is 4.72 Å². The fourth-order valence-electron chi connectivity index (χ4n) is 2.72. The maximum absolute atomic E-state index is 13.1. The third kappa shape index (κ3) is 3.32. The number of alkyl halides is 1. The number of sulfonamides is 1. The highest BCUT2D eigenvalue weighted by Crippen LogP contribution is 2.38. The van der Waals surface area contributed by atoms with Gasteiger partial charge in [0.25, 0.3) is 0 Å². The van der Waals surface area contributed by atoms with Gasteiger partial charge < -0.3 is 0 Å². The summed E-state index contributed by atoms with van der Waals surface area (Å²) in [4.78, 5) is 0.126. The van der Waals surface area contributed by atoms with Crippen LogP contribution in [0.5, 0.6) is 0 Å². The first kappa shape index (κ1) is 15.7. The van der Waals surface area contributed by atoms with Crippen molar-refractivity contribution in [2.24, 2.45) is 5.41 Å². The Bertz CT molecular complexity index is 583. The second-order valence-corrected chi connectivity index (χ2v) is 7.58. The van der Waals surface area contributed by atoms with Crippen LogP contribution in [0.4, 0.5) is 4.39 Å². The fourth-order valence-corrected chi connectivity index (χ4v) is 4.47. The highest BCUT2D eigenvalue weighted by molar-refractivity contribution is 7.89. The molecule has 0 spiro atoms. The van der Waals surface area contributed by atoms with Crippen molar-refractivity contribution in [3.05, 3.63) is 29.6 Å². The van der Waals surface area contributed by atoms with Crippen molar-refractivity contribution in [2.45, 2.75) is 37.5 Å². The normalized spacial score (nSPS) is 18.4. The maximum atomic E-state index is 13.1. The fraction of sp³-hybridized carbons (Fsp3) is 0.571. The minimum Gasteiger partial charge on any atom is -0.211 e. The Balaban J connectivity index is 2.15. The van der Waals surface area contributed by atoms with Crippen LogP contribution in [0.2, 0.25) is 0 Å². The van der Waals surface area contributed by atoms with Gasteiger partial charge in [0.2, 0.25) is 10.0 Å². The summed E-state index contributed by atoms with van der Waals surface area (Å²) < 4.78 is 40.3. The van der Waals surface area contributed by atoms with Crippen LogP contribution in [0.3, 0.4) is 0 Å². The minimum absolute atomic E-state index is 0.126. The summed E-state index contributed by atoms with van der Waals surface area (Å²) in [5.41, 5.74) is 0.270. The molecule has 0 radical (unpaired) electrons. The standard InChI is InChI=1S/C14H19ClFNO2S/c1-11-8-12(16)4-5-13(11)20(18,19)17-10-14(9-15)6-2-3-7-14/h4-5,8,17H,2-3,6-7,9-10H2,1H3. The lowest BCUT2D eigenvalue weighted by Gasteiger charge is -2.26. The topological polar surface area (TPSA) is 46.2 Å². The van der Waals surface area contributed by atoms with Crippen molar-refractivity contribution in [3.8, 4) is 0 Å². The first-order valence-corrected chi connectivity index (χ1v) is 8.72. The van der Waals surface area contributed by atoms with E-state index in [9.17, 15) is 12.8 Å². The second-order valence-electron chi connectivity index (χ2n) is 5.58. The smallest absolute Gasteiger partial charge is 0.211 e. The molecule has 1 aliphatic rings. The van der Waals surface area contributed by atoms with E-state index in [1.54, 1.807) is 6.92 Å². The molecule has 20 heavy (non-hydrogen) atoms. The van der Waals surface area contributed by atoms with Gasteiger partial charge in [0, 0.05) is 12.4 Å². The Kier molecular flexibility index (Phi) is 4.72. The van der Waals surface area contributed by atoms with Gasteiger partial charge in [-0.05, 0) is 48.9 Å². The molecule has 1 N–H and O–H groups in total. The third-order valence-electron chi connectivity index (χ3n) is 4.01. The van der Waals surface area contributed by atoms with E-state index in [1.807, 2.05) is 0 Å².